The van der Waals surface area contributed by atoms with Crippen LogP contribution in [0.5, 0.6) is 0 Å². The Hall–Kier alpha value is -2.31. The Bertz CT molecular complexity index is 1690. The maximum absolute atomic E-state index is 2.75. The van der Waals surface area contributed by atoms with Crippen LogP contribution in [0.2, 0.25) is 0 Å². The van der Waals surface area contributed by atoms with E-state index in [2.05, 4.69) is 159 Å². The number of allylic oxidation sites excluding steroid dienone is 4. The van der Waals surface area contributed by atoms with Gasteiger partial charge in [0.1, 0.15) is 0 Å². The van der Waals surface area contributed by atoms with Gasteiger partial charge in [-0.15, -0.1) is 0 Å². The van der Waals surface area contributed by atoms with Gasteiger partial charge in [-0.2, -0.15) is 0 Å². The zero-order chi connectivity index (χ0) is 30.7. The van der Waals surface area contributed by atoms with Crippen molar-refractivity contribution in [2.45, 2.75) is 83.2 Å². The van der Waals surface area contributed by atoms with Crippen molar-refractivity contribution < 1.29 is 46.1 Å². The van der Waals surface area contributed by atoms with Gasteiger partial charge in [-0.25, -0.2) is 0 Å². The van der Waals surface area contributed by atoms with E-state index in [9.17, 15) is 0 Å². The van der Waals surface area contributed by atoms with Gasteiger partial charge in [0.05, 0.1) is 0 Å². The summed E-state index contributed by atoms with van der Waals surface area (Å²) >= 11 is -2.75. The summed E-state index contributed by atoms with van der Waals surface area (Å²) < 4.78 is 3.79. The second-order valence-electron chi connectivity index (χ2n) is 14.8. The number of rotatable bonds is 4. The predicted molar refractivity (Wildman–Crippen MR) is 183 cm³/mol. The fourth-order valence-electron chi connectivity index (χ4n) is 6.83. The first kappa shape index (κ1) is 35.5. The number of hydrogen-bond donors (Lipinski definition) is 0. The molecule has 6 rings (SSSR count). The van der Waals surface area contributed by atoms with Crippen molar-refractivity contribution in [3.05, 3.63) is 150 Å². The van der Waals surface area contributed by atoms with Crippen LogP contribution in [0.25, 0.3) is 11.1 Å². The van der Waals surface area contributed by atoms with Gasteiger partial charge >= 0.3 is 269 Å². The van der Waals surface area contributed by atoms with E-state index in [0.717, 1.165) is 6.42 Å². The molecule has 0 spiro atoms. The number of halogens is 2. The molecule has 0 radical (unpaired) electrons. The van der Waals surface area contributed by atoms with Gasteiger partial charge < -0.3 is 24.8 Å². The maximum atomic E-state index is 2.59. The van der Waals surface area contributed by atoms with Gasteiger partial charge in [0, 0.05) is 0 Å². The summed E-state index contributed by atoms with van der Waals surface area (Å²) in [4.78, 5) is 0. The minimum Gasteiger partial charge on any atom is -1.00 e. The zero-order valence-electron chi connectivity index (χ0n) is 28.3. The molecule has 0 unspecified atom stereocenters. The van der Waals surface area contributed by atoms with Crippen LogP contribution < -0.4 is 24.8 Å². The van der Waals surface area contributed by atoms with E-state index >= 15 is 0 Å². The van der Waals surface area contributed by atoms with Crippen LogP contribution in [0.3, 0.4) is 0 Å². The van der Waals surface area contributed by atoms with E-state index in [-0.39, 0.29) is 35.6 Å². The summed E-state index contributed by atoms with van der Waals surface area (Å²) in [6, 6.07) is 33.7. The summed E-state index contributed by atoms with van der Waals surface area (Å²) in [5.74, 6) is 0. The molecule has 0 aliphatic heterocycles. The Morgan fingerprint density at radius 1 is 0.600 bits per heavy atom. The molecular weight excluding hydrogens is 667 g/mol. The molecule has 0 N–H and O–H groups in total. The molecule has 2 aliphatic carbocycles. The van der Waals surface area contributed by atoms with Gasteiger partial charge in [0.15, 0.2) is 0 Å². The quantitative estimate of drug-likeness (QED) is 0.277. The maximum Gasteiger partial charge on any atom is -1.00 e. The minimum absolute atomic E-state index is 0. The summed E-state index contributed by atoms with van der Waals surface area (Å²) in [5, 5.41) is 0. The third kappa shape index (κ3) is 6.88. The average molecular weight is 713 g/mol. The van der Waals surface area contributed by atoms with Gasteiger partial charge in [-0.3, -0.25) is 0 Å². The second kappa shape index (κ2) is 13.4. The van der Waals surface area contributed by atoms with Crippen LogP contribution in [-0.4, -0.2) is 3.21 Å². The molecule has 0 bridgehead atoms. The van der Waals surface area contributed by atoms with E-state index in [1.165, 1.54) is 50.1 Å². The SMILES string of the molecule is CC1=[C]([Zr+2](=[C](c2ccc(C)cc2)c2ccc(C)cc2)[CH]2c3cc(C(C)(C)C)ccc3-c3ccc(C(C)(C)C)cc32)CC=C1.[Cl-].[Cl-]. The topological polar surface area (TPSA) is 0 Å². The molecule has 4 aromatic rings. The van der Waals surface area contributed by atoms with Crippen molar-refractivity contribution in [1.29, 1.82) is 0 Å². The molecule has 4 aromatic carbocycles. The van der Waals surface area contributed by atoms with Gasteiger partial charge in [-0.1, -0.05) is 0 Å². The Morgan fingerprint density at radius 2 is 1.02 bits per heavy atom. The zero-order valence-corrected chi connectivity index (χ0v) is 32.2. The van der Waals surface area contributed by atoms with Crippen LogP contribution in [0.4, 0.5) is 0 Å². The van der Waals surface area contributed by atoms with E-state index in [4.69, 9.17) is 0 Å². The molecule has 0 fully saturated rings. The summed E-state index contributed by atoms with van der Waals surface area (Å²) in [5.41, 5.74) is 16.0. The molecule has 0 nitrogen and oxygen atoms in total. The first-order valence-corrected chi connectivity index (χ1v) is 19.7. The molecule has 0 amide bonds. The summed E-state index contributed by atoms with van der Waals surface area (Å²) in [7, 11) is 0. The van der Waals surface area contributed by atoms with E-state index in [0.29, 0.717) is 3.63 Å². The largest absolute Gasteiger partial charge is 1.00 e. The second-order valence-corrected chi connectivity index (χ2v) is 21.0. The average Bonchev–Trinajstić information content (AvgIpc) is 3.52. The molecule has 0 saturated carbocycles. The Kier molecular flexibility index (Phi) is 10.6. The first-order valence-electron chi connectivity index (χ1n) is 15.9. The monoisotopic (exact) mass is 710 g/mol. The minimum atomic E-state index is -2.75. The molecule has 3 heteroatoms. The number of aryl methyl sites for hydroxylation is 2. The number of benzene rings is 4. The number of hydrogen-bond acceptors (Lipinski definition) is 0. The molecule has 0 heterocycles. The smallest absolute Gasteiger partial charge is 1.00 e. The van der Waals surface area contributed by atoms with E-state index < -0.39 is 21.3 Å². The van der Waals surface area contributed by atoms with Crippen LogP contribution in [0, 0.1) is 13.8 Å². The Balaban J connectivity index is 0.00000230. The standard InChI is InChI=1S/C21H25.C15H14.C6H7.2ClH.Zr/c1-20(2,3)16-7-9-18-14(12-16)11-15-13-17(21(4,5)6)8-10-19(15)18;1-12-3-7-14(8-4-12)11-15-9-5-13(2)6-10-15;1-6-4-2-3-5-6;;;/h7-13H,1-6H3;3-10H,1-2H3;2,4H,3H2,1H3;2*1H;/q;;;;;+2/p-2. The molecular formula is C42H46Cl2Zr. The fourth-order valence-corrected chi connectivity index (χ4v) is 16.3. The molecule has 45 heavy (non-hydrogen) atoms. The van der Waals surface area contributed by atoms with Gasteiger partial charge in [-0.05, 0) is 0 Å². The van der Waals surface area contributed by atoms with E-state index in [1.807, 2.05) is 0 Å². The van der Waals surface area contributed by atoms with Crippen molar-refractivity contribution in [3.8, 4) is 11.1 Å². The fraction of sp³-hybridized carbons (Fsp3) is 0.310. The van der Waals surface area contributed by atoms with Crippen LogP contribution in [0.15, 0.2) is 106 Å². The molecule has 232 valence electrons. The van der Waals surface area contributed by atoms with Crippen molar-refractivity contribution >= 4 is 3.21 Å². The van der Waals surface area contributed by atoms with Crippen LogP contribution >= 0.6 is 0 Å². The summed E-state index contributed by atoms with van der Waals surface area (Å²) in [6.07, 6.45) is 5.90. The normalized spacial score (nSPS) is 13.9. The van der Waals surface area contributed by atoms with Gasteiger partial charge in [0.2, 0.25) is 0 Å². The third-order valence-corrected chi connectivity index (χ3v) is 18.2. The Morgan fingerprint density at radius 3 is 1.38 bits per heavy atom. The summed E-state index contributed by atoms with van der Waals surface area (Å²) in [6.45, 7) is 20.9. The first-order chi connectivity index (χ1) is 20.3. The van der Waals surface area contributed by atoms with Crippen LogP contribution in [0.1, 0.15) is 103 Å². The molecule has 0 aromatic heterocycles. The molecule has 0 saturated heterocycles. The van der Waals surface area contributed by atoms with Crippen molar-refractivity contribution in [3.63, 3.8) is 0 Å². The molecule has 0 atom stereocenters. The van der Waals surface area contributed by atoms with E-state index in [1.54, 1.807) is 17.6 Å². The van der Waals surface area contributed by atoms with Gasteiger partial charge in [0.25, 0.3) is 0 Å². The third-order valence-electron chi connectivity index (χ3n) is 9.48. The van der Waals surface area contributed by atoms with Crippen molar-refractivity contribution in [2.24, 2.45) is 0 Å². The molecule has 2 aliphatic rings. The Labute approximate surface area is 292 Å². The van der Waals surface area contributed by atoms with Crippen LogP contribution in [-0.2, 0) is 32.1 Å². The van der Waals surface area contributed by atoms with Crippen molar-refractivity contribution in [1.82, 2.24) is 0 Å². The van der Waals surface area contributed by atoms with Crippen molar-refractivity contribution in [2.75, 3.05) is 0 Å². The predicted octanol–water partition coefficient (Wildman–Crippen LogP) is 5.10. The number of fused-ring (bicyclic) bond motifs is 3.